The maximum Gasteiger partial charge on any atom is 0.119 e. The number of piperidine rings is 1. The molecule has 2 aliphatic rings. The minimum absolute atomic E-state index is 0.287. The molecule has 2 unspecified atom stereocenters. The van der Waals surface area contributed by atoms with Crippen molar-refractivity contribution in [3.05, 3.63) is 65.7 Å². The molecule has 2 N–H and O–H groups in total. The molecule has 2 atom stereocenters. The molecule has 0 radical (unpaired) electrons. The van der Waals surface area contributed by atoms with E-state index < -0.39 is 0 Å². The fourth-order valence-corrected chi connectivity index (χ4v) is 3.66. The number of aryl methyl sites for hydroxylation is 1. The number of hydrogen-bond donors (Lipinski definition) is 2. The SMILES string of the molecule is c1ccc(CCCOc2ccc(C3NN=C4CCNCC43)cc2)cc1. The number of hydrogen-bond acceptors (Lipinski definition) is 4. The highest BCUT2D eigenvalue weighted by atomic mass is 16.5. The zero-order valence-corrected chi connectivity index (χ0v) is 14.4. The Bertz CT molecular complexity index is 712. The number of nitrogens with one attached hydrogen (secondary N) is 2. The molecular weight excluding hydrogens is 310 g/mol. The fraction of sp³-hybridized carbons (Fsp3) is 0.381. The lowest BCUT2D eigenvalue weighted by atomic mass is 9.87. The van der Waals surface area contributed by atoms with Crippen LogP contribution in [0.3, 0.4) is 0 Å². The topological polar surface area (TPSA) is 45.6 Å². The molecule has 2 heterocycles. The summed E-state index contributed by atoms with van der Waals surface area (Å²) in [4.78, 5) is 0. The summed E-state index contributed by atoms with van der Waals surface area (Å²) in [6.07, 6.45) is 3.14. The summed E-state index contributed by atoms with van der Waals surface area (Å²) in [5, 5.41) is 7.99. The van der Waals surface area contributed by atoms with Crippen LogP contribution >= 0.6 is 0 Å². The van der Waals surface area contributed by atoms with Crippen molar-refractivity contribution in [2.24, 2.45) is 11.0 Å². The average molecular weight is 335 g/mol. The Morgan fingerprint density at radius 1 is 1.04 bits per heavy atom. The smallest absolute Gasteiger partial charge is 0.119 e. The molecule has 0 saturated carbocycles. The number of rotatable bonds is 6. The Morgan fingerprint density at radius 2 is 1.88 bits per heavy atom. The van der Waals surface area contributed by atoms with Gasteiger partial charge >= 0.3 is 0 Å². The first-order valence-corrected chi connectivity index (χ1v) is 9.19. The Kier molecular flexibility index (Phi) is 4.98. The maximum absolute atomic E-state index is 5.89. The molecule has 130 valence electrons. The minimum atomic E-state index is 0.287. The van der Waals surface area contributed by atoms with Crippen LogP contribution in [-0.2, 0) is 6.42 Å². The molecule has 2 aliphatic heterocycles. The summed E-state index contributed by atoms with van der Waals surface area (Å²) in [6.45, 7) is 2.80. The summed E-state index contributed by atoms with van der Waals surface area (Å²) in [5.74, 6) is 1.42. The predicted molar refractivity (Wildman–Crippen MR) is 101 cm³/mol. The van der Waals surface area contributed by atoms with Gasteiger partial charge in [0.25, 0.3) is 0 Å². The lowest BCUT2D eigenvalue weighted by Gasteiger charge is -2.25. The van der Waals surface area contributed by atoms with Crippen molar-refractivity contribution in [2.45, 2.75) is 25.3 Å². The molecule has 4 nitrogen and oxygen atoms in total. The second-order valence-corrected chi connectivity index (χ2v) is 6.78. The van der Waals surface area contributed by atoms with Crippen LogP contribution in [0.4, 0.5) is 0 Å². The van der Waals surface area contributed by atoms with Gasteiger partial charge in [-0.25, -0.2) is 0 Å². The molecular formula is C21H25N3O. The molecule has 0 spiro atoms. The molecule has 4 heteroatoms. The van der Waals surface area contributed by atoms with Crippen LogP contribution in [0.25, 0.3) is 0 Å². The summed E-state index contributed by atoms with van der Waals surface area (Å²) in [7, 11) is 0. The van der Waals surface area contributed by atoms with E-state index in [4.69, 9.17) is 4.74 Å². The van der Waals surface area contributed by atoms with Gasteiger partial charge in [-0.3, -0.25) is 0 Å². The van der Waals surface area contributed by atoms with Gasteiger partial charge in [0.1, 0.15) is 5.75 Å². The largest absolute Gasteiger partial charge is 0.494 e. The van der Waals surface area contributed by atoms with E-state index in [1.54, 1.807) is 0 Å². The Morgan fingerprint density at radius 3 is 2.72 bits per heavy atom. The zero-order chi connectivity index (χ0) is 16.9. The lowest BCUT2D eigenvalue weighted by Crippen LogP contribution is -2.38. The lowest BCUT2D eigenvalue weighted by molar-refractivity contribution is 0.311. The standard InChI is InChI=1S/C21H25N3O/c1-2-5-16(6-3-1)7-4-14-25-18-10-8-17(9-11-18)21-19-15-22-13-12-20(19)23-24-21/h1-3,5-6,8-11,19,21-22,24H,4,7,12-15H2. The van der Waals surface area contributed by atoms with Crippen LogP contribution in [0.15, 0.2) is 59.7 Å². The third-order valence-electron chi connectivity index (χ3n) is 5.06. The Hall–Kier alpha value is -2.33. The molecule has 25 heavy (non-hydrogen) atoms. The van der Waals surface area contributed by atoms with Crippen LogP contribution in [0.1, 0.15) is 30.0 Å². The van der Waals surface area contributed by atoms with Crippen molar-refractivity contribution in [3.63, 3.8) is 0 Å². The van der Waals surface area contributed by atoms with Gasteiger partial charge < -0.3 is 15.5 Å². The first-order chi connectivity index (χ1) is 12.4. The molecule has 1 saturated heterocycles. The first-order valence-electron chi connectivity index (χ1n) is 9.19. The van der Waals surface area contributed by atoms with E-state index in [9.17, 15) is 0 Å². The quantitative estimate of drug-likeness (QED) is 0.796. The van der Waals surface area contributed by atoms with Crippen molar-refractivity contribution in [2.75, 3.05) is 19.7 Å². The van der Waals surface area contributed by atoms with E-state index in [-0.39, 0.29) is 6.04 Å². The maximum atomic E-state index is 5.89. The second kappa shape index (κ2) is 7.70. The van der Waals surface area contributed by atoms with Crippen molar-refractivity contribution in [1.29, 1.82) is 0 Å². The van der Waals surface area contributed by atoms with Gasteiger partial charge in [-0.2, -0.15) is 5.10 Å². The molecule has 0 aromatic heterocycles. The van der Waals surface area contributed by atoms with Gasteiger partial charge in [-0.1, -0.05) is 42.5 Å². The van der Waals surface area contributed by atoms with Crippen molar-refractivity contribution in [1.82, 2.24) is 10.7 Å². The van der Waals surface area contributed by atoms with Gasteiger partial charge in [-0.15, -0.1) is 0 Å². The van der Waals surface area contributed by atoms with Crippen LogP contribution in [0.5, 0.6) is 5.75 Å². The van der Waals surface area contributed by atoms with Gasteiger partial charge in [0, 0.05) is 31.1 Å². The molecule has 2 aromatic carbocycles. The highest BCUT2D eigenvalue weighted by Gasteiger charge is 2.34. The monoisotopic (exact) mass is 335 g/mol. The van der Waals surface area contributed by atoms with Crippen LogP contribution < -0.4 is 15.5 Å². The zero-order valence-electron chi connectivity index (χ0n) is 14.4. The second-order valence-electron chi connectivity index (χ2n) is 6.78. The third kappa shape index (κ3) is 3.85. The summed E-state index contributed by atoms with van der Waals surface area (Å²) in [5.41, 5.74) is 7.27. The van der Waals surface area contributed by atoms with E-state index in [1.165, 1.54) is 16.8 Å². The van der Waals surface area contributed by atoms with E-state index in [2.05, 4.69) is 70.4 Å². The fourth-order valence-electron chi connectivity index (χ4n) is 3.66. The molecule has 0 aliphatic carbocycles. The molecule has 1 fully saturated rings. The molecule has 0 bridgehead atoms. The third-order valence-corrected chi connectivity index (χ3v) is 5.06. The van der Waals surface area contributed by atoms with Gasteiger partial charge in [0.05, 0.1) is 12.6 Å². The van der Waals surface area contributed by atoms with Crippen LogP contribution in [0, 0.1) is 5.92 Å². The molecule has 4 rings (SSSR count). The predicted octanol–water partition coefficient (Wildman–Crippen LogP) is 3.31. The molecule has 0 amide bonds. The first kappa shape index (κ1) is 16.2. The van der Waals surface area contributed by atoms with Gasteiger partial charge in [-0.05, 0) is 36.1 Å². The van der Waals surface area contributed by atoms with Crippen LogP contribution in [0.2, 0.25) is 0 Å². The van der Waals surface area contributed by atoms with E-state index in [0.717, 1.165) is 44.7 Å². The highest BCUT2D eigenvalue weighted by Crippen LogP contribution is 2.31. The number of nitrogens with zero attached hydrogens (tertiary/aromatic N) is 1. The molecule has 2 aromatic rings. The summed E-state index contributed by atoms with van der Waals surface area (Å²) >= 11 is 0. The highest BCUT2D eigenvalue weighted by molar-refractivity contribution is 5.89. The minimum Gasteiger partial charge on any atom is -0.494 e. The van der Waals surface area contributed by atoms with E-state index in [1.807, 2.05) is 0 Å². The van der Waals surface area contributed by atoms with E-state index >= 15 is 0 Å². The van der Waals surface area contributed by atoms with Crippen LogP contribution in [-0.4, -0.2) is 25.4 Å². The average Bonchev–Trinajstić information content (AvgIpc) is 3.11. The number of fused-ring (bicyclic) bond motifs is 1. The summed E-state index contributed by atoms with van der Waals surface area (Å²) in [6, 6.07) is 19.3. The Labute approximate surface area is 149 Å². The van der Waals surface area contributed by atoms with Crippen molar-refractivity contribution < 1.29 is 4.74 Å². The van der Waals surface area contributed by atoms with Gasteiger partial charge in [0.15, 0.2) is 0 Å². The number of ether oxygens (including phenoxy) is 1. The van der Waals surface area contributed by atoms with Crippen molar-refractivity contribution >= 4 is 5.71 Å². The Balaban J connectivity index is 1.27. The van der Waals surface area contributed by atoms with Crippen molar-refractivity contribution in [3.8, 4) is 5.75 Å². The van der Waals surface area contributed by atoms with E-state index in [0.29, 0.717) is 5.92 Å². The number of hydrazone groups is 1. The normalized spacial score (nSPS) is 22.0. The van der Waals surface area contributed by atoms with Gasteiger partial charge in [0.2, 0.25) is 0 Å². The number of benzene rings is 2. The summed E-state index contributed by atoms with van der Waals surface area (Å²) < 4.78 is 5.89.